The average molecular weight is 203 g/mol. The zero-order chi connectivity index (χ0) is 11.3. The van der Waals surface area contributed by atoms with Gasteiger partial charge in [-0.2, -0.15) is 0 Å². The molecule has 15 heavy (non-hydrogen) atoms. The Morgan fingerprint density at radius 2 is 1.93 bits per heavy atom. The first-order chi connectivity index (χ1) is 7.13. The molecule has 0 fully saturated rings. The molecule has 4 heteroatoms. The molecule has 0 saturated heterocycles. The monoisotopic (exact) mass is 203 g/mol. The van der Waals surface area contributed by atoms with Gasteiger partial charge in [0.15, 0.2) is 5.78 Å². The fourth-order valence-electron chi connectivity index (χ4n) is 0.954. The lowest BCUT2D eigenvalue weighted by Gasteiger charge is -1.92. The molecule has 76 valence electrons. The highest BCUT2D eigenvalue weighted by atomic mass is 16.6. The van der Waals surface area contributed by atoms with Crippen molar-refractivity contribution in [2.45, 2.75) is 0 Å². The number of nitro groups is 1. The van der Waals surface area contributed by atoms with E-state index in [1.807, 2.05) is 0 Å². The first-order valence-electron chi connectivity index (χ1n) is 4.22. The molecule has 1 rings (SSSR count). The molecular weight excluding hydrogens is 194 g/mol. The Morgan fingerprint density at radius 3 is 2.40 bits per heavy atom. The van der Waals surface area contributed by atoms with E-state index < -0.39 is 4.92 Å². The van der Waals surface area contributed by atoms with Crippen LogP contribution >= 0.6 is 0 Å². The topological polar surface area (TPSA) is 60.2 Å². The Labute approximate surface area is 86.7 Å². The summed E-state index contributed by atoms with van der Waals surface area (Å²) >= 11 is 0. The minimum Gasteiger partial charge on any atom is -0.290 e. The predicted octanol–water partition coefficient (Wildman–Crippen LogP) is 2.36. The van der Waals surface area contributed by atoms with Gasteiger partial charge in [-0.1, -0.05) is 12.7 Å². The van der Waals surface area contributed by atoms with Crippen LogP contribution in [0.3, 0.4) is 0 Å². The van der Waals surface area contributed by atoms with Crippen molar-refractivity contribution >= 4 is 17.5 Å². The lowest BCUT2D eigenvalue weighted by atomic mass is 10.2. The van der Waals surface area contributed by atoms with E-state index in [2.05, 4.69) is 6.58 Å². The SMILES string of the molecule is C=CC(=O)/C=C/c1ccc([N+](=O)[O-])cc1. The molecule has 0 aliphatic heterocycles. The first-order valence-corrected chi connectivity index (χ1v) is 4.22. The second-order valence-electron chi connectivity index (χ2n) is 2.79. The molecule has 0 aromatic heterocycles. The number of allylic oxidation sites excluding steroid dienone is 2. The predicted molar refractivity (Wildman–Crippen MR) is 57.3 cm³/mol. The van der Waals surface area contributed by atoms with Crippen molar-refractivity contribution in [2.75, 3.05) is 0 Å². The molecule has 0 N–H and O–H groups in total. The Kier molecular flexibility index (Phi) is 3.51. The second kappa shape index (κ2) is 4.85. The Bertz CT molecular complexity index is 418. The quantitative estimate of drug-likeness (QED) is 0.428. The molecule has 0 atom stereocenters. The van der Waals surface area contributed by atoms with Crippen molar-refractivity contribution in [2.24, 2.45) is 0 Å². The summed E-state index contributed by atoms with van der Waals surface area (Å²) in [4.78, 5) is 20.7. The number of ketones is 1. The van der Waals surface area contributed by atoms with Gasteiger partial charge in [0.1, 0.15) is 0 Å². The van der Waals surface area contributed by atoms with E-state index in [0.717, 1.165) is 5.56 Å². The largest absolute Gasteiger partial charge is 0.290 e. The smallest absolute Gasteiger partial charge is 0.269 e. The van der Waals surface area contributed by atoms with E-state index in [0.29, 0.717) is 0 Å². The highest BCUT2D eigenvalue weighted by Crippen LogP contribution is 2.12. The molecule has 1 aromatic rings. The van der Waals surface area contributed by atoms with Gasteiger partial charge >= 0.3 is 0 Å². The van der Waals surface area contributed by atoms with E-state index in [1.165, 1.54) is 24.3 Å². The number of hydrogen-bond acceptors (Lipinski definition) is 3. The van der Waals surface area contributed by atoms with Crippen molar-refractivity contribution in [3.05, 3.63) is 58.7 Å². The third-order valence-corrected chi connectivity index (χ3v) is 1.75. The maximum Gasteiger partial charge on any atom is 0.269 e. The zero-order valence-corrected chi connectivity index (χ0v) is 7.92. The summed E-state index contributed by atoms with van der Waals surface area (Å²) in [6.45, 7) is 3.32. The number of hydrogen-bond donors (Lipinski definition) is 0. The Hall–Kier alpha value is -2.23. The van der Waals surface area contributed by atoms with Crippen LogP contribution in [0.25, 0.3) is 6.08 Å². The van der Waals surface area contributed by atoms with Crippen LogP contribution in [0, 0.1) is 10.1 Å². The van der Waals surface area contributed by atoms with Gasteiger partial charge in [0, 0.05) is 12.1 Å². The standard InChI is InChI=1S/C11H9NO3/c1-2-11(13)8-5-9-3-6-10(7-4-9)12(14)15/h2-8H,1H2/b8-5+. The van der Waals surface area contributed by atoms with Gasteiger partial charge in [-0.3, -0.25) is 14.9 Å². The average Bonchev–Trinajstić information content (AvgIpc) is 2.26. The van der Waals surface area contributed by atoms with Crippen molar-refractivity contribution in [3.8, 4) is 0 Å². The Morgan fingerprint density at radius 1 is 1.33 bits per heavy atom. The number of rotatable bonds is 4. The van der Waals surface area contributed by atoms with Crippen molar-refractivity contribution in [1.82, 2.24) is 0 Å². The second-order valence-corrected chi connectivity index (χ2v) is 2.79. The van der Waals surface area contributed by atoms with E-state index in [-0.39, 0.29) is 11.5 Å². The molecule has 0 bridgehead atoms. The van der Waals surface area contributed by atoms with E-state index in [1.54, 1.807) is 18.2 Å². The number of non-ortho nitro benzene ring substituents is 1. The molecule has 0 aliphatic carbocycles. The van der Waals surface area contributed by atoms with E-state index >= 15 is 0 Å². The van der Waals surface area contributed by atoms with Crippen LogP contribution in [0.5, 0.6) is 0 Å². The molecule has 0 aliphatic rings. The van der Waals surface area contributed by atoms with Gasteiger partial charge in [0.2, 0.25) is 0 Å². The third-order valence-electron chi connectivity index (χ3n) is 1.75. The van der Waals surface area contributed by atoms with Gasteiger partial charge in [-0.15, -0.1) is 0 Å². The van der Waals surface area contributed by atoms with Gasteiger partial charge in [-0.05, 0) is 29.8 Å². The number of nitrogens with zero attached hydrogens (tertiary/aromatic N) is 1. The van der Waals surface area contributed by atoms with Gasteiger partial charge in [-0.25, -0.2) is 0 Å². The summed E-state index contributed by atoms with van der Waals surface area (Å²) in [5.74, 6) is -0.201. The molecule has 4 nitrogen and oxygen atoms in total. The minimum atomic E-state index is -0.470. The maximum absolute atomic E-state index is 10.8. The van der Waals surface area contributed by atoms with Gasteiger partial charge < -0.3 is 0 Å². The van der Waals surface area contributed by atoms with E-state index in [4.69, 9.17) is 0 Å². The number of nitro benzene ring substituents is 1. The first kappa shape index (κ1) is 10.8. The fourth-order valence-corrected chi connectivity index (χ4v) is 0.954. The van der Waals surface area contributed by atoms with Crippen LogP contribution in [0.2, 0.25) is 0 Å². The zero-order valence-electron chi connectivity index (χ0n) is 7.92. The number of carbonyl (C=O) groups is 1. The highest BCUT2D eigenvalue weighted by molar-refractivity contribution is 6.01. The number of benzene rings is 1. The normalized spacial score (nSPS) is 10.1. The van der Waals surface area contributed by atoms with Crippen LogP contribution in [0.4, 0.5) is 5.69 Å². The van der Waals surface area contributed by atoms with Crippen LogP contribution < -0.4 is 0 Å². The Balaban J connectivity index is 2.81. The number of carbonyl (C=O) groups excluding carboxylic acids is 1. The summed E-state index contributed by atoms with van der Waals surface area (Å²) in [5.41, 5.74) is 0.762. The highest BCUT2D eigenvalue weighted by Gasteiger charge is 2.02. The summed E-state index contributed by atoms with van der Waals surface area (Å²) in [6.07, 6.45) is 4.13. The molecular formula is C11H9NO3. The van der Waals surface area contributed by atoms with Crippen LogP contribution in [-0.4, -0.2) is 10.7 Å². The van der Waals surface area contributed by atoms with Crippen molar-refractivity contribution in [3.63, 3.8) is 0 Å². The van der Waals surface area contributed by atoms with Crippen LogP contribution in [0.15, 0.2) is 43.0 Å². The molecule has 0 heterocycles. The third kappa shape index (κ3) is 3.19. The lowest BCUT2D eigenvalue weighted by Crippen LogP contribution is -1.87. The summed E-state index contributed by atoms with van der Waals surface area (Å²) < 4.78 is 0. The van der Waals surface area contributed by atoms with Crippen LogP contribution in [0.1, 0.15) is 5.56 Å². The molecule has 0 amide bonds. The summed E-state index contributed by atoms with van der Waals surface area (Å²) in [7, 11) is 0. The minimum absolute atomic E-state index is 0.0298. The molecule has 1 aromatic carbocycles. The maximum atomic E-state index is 10.8. The van der Waals surface area contributed by atoms with E-state index in [9.17, 15) is 14.9 Å². The molecule has 0 saturated carbocycles. The summed E-state index contributed by atoms with van der Waals surface area (Å²) in [5, 5.41) is 10.3. The molecule has 0 unspecified atom stereocenters. The molecule has 0 spiro atoms. The van der Waals surface area contributed by atoms with Crippen LogP contribution in [-0.2, 0) is 4.79 Å². The van der Waals surface area contributed by atoms with Crippen molar-refractivity contribution in [1.29, 1.82) is 0 Å². The van der Waals surface area contributed by atoms with Crippen molar-refractivity contribution < 1.29 is 9.72 Å². The lowest BCUT2D eigenvalue weighted by molar-refractivity contribution is -0.384. The summed E-state index contributed by atoms with van der Waals surface area (Å²) in [6, 6.07) is 5.92. The molecule has 0 radical (unpaired) electrons. The van der Waals surface area contributed by atoms with Gasteiger partial charge in [0.05, 0.1) is 4.92 Å². The fraction of sp³-hybridized carbons (Fsp3) is 0. The van der Waals surface area contributed by atoms with Gasteiger partial charge in [0.25, 0.3) is 5.69 Å².